The molecule has 2 amide bonds. The molecule has 0 radical (unpaired) electrons. The fraction of sp³-hybridized carbons (Fsp3) is 0.733. The number of primary amides is 1. The van der Waals surface area contributed by atoms with Crippen molar-refractivity contribution in [3.8, 4) is 0 Å². The van der Waals surface area contributed by atoms with Crippen LogP contribution >= 0.6 is 0 Å². The van der Waals surface area contributed by atoms with E-state index in [1.165, 1.54) is 24.2 Å². The second-order valence-corrected chi connectivity index (χ2v) is 12.1. The number of hydrogen-bond donors (Lipinski definition) is 1. The van der Waals surface area contributed by atoms with Crippen molar-refractivity contribution < 1.29 is 35.9 Å². The molecule has 2 aliphatic heterocycles. The SMILES string of the molecule is NC(=O)CN(CCc1cc(C(F)(F)F)cc(C(F)(F)F)c1)C(=O)C(C1CCCCC1)N1CCC(N2CCCCC2)CC1. The Balaban J connectivity index is 1.53. The van der Waals surface area contributed by atoms with Gasteiger partial charge in [0.15, 0.2) is 0 Å². The van der Waals surface area contributed by atoms with Crippen LogP contribution in [0.15, 0.2) is 18.2 Å². The number of nitrogens with two attached hydrogens (primary N) is 1. The zero-order chi connectivity index (χ0) is 30.5. The van der Waals surface area contributed by atoms with E-state index in [1.54, 1.807) is 0 Å². The number of piperidine rings is 2. The topological polar surface area (TPSA) is 69.9 Å². The molecule has 42 heavy (non-hydrogen) atoms. The third-order valence-corrected chi connectivity index (χ3v) is 9.13. The summed E-state index contributed by atoms with van der Waals surface area (Å²) in [6.07, 6.45) is 0.0502. The molecular weight excluding hydrogens is 562 g/mol. The molecule has 12 heteroatoms. The number of alkyl halides is 6. The summed E-state index contributed by atoms with van der Waals surface area (Å²) < 4.78 is 80.4. The molecule has 0 aromatic heterocycles. The summed E-state index contributed by atoms with van der Waals surface area (Å²) in [6, 6.07) is 1.40. The third kappa shape index (κ3) is 8.61. The van der Waals surface area contributed by atoms with E-state index in [2.05, 4.69) is 9.80 Å². The van der Waals surface area contributed by atoms with Gasteiger partial charge in [-0.3, -0.25) is 14.5 Å². The Bertz CT molecular complexity index is 1030. The van der Waals surface area contributed by atoms with Crippen LogP contribution < -0.4 is 5.73 Å². The number of rotatable bonds is 9. The zero-order valence-electron chi connectivity index (χ0n) is 24.0. The molecule has 6 nitrogen and oxygen atoms in total. The molecule has 1 aromatic carbocycles. The zero-order valence-corrected chi connectivity index (χ0v) is 24.0. The van der Waals surface area contributed by atoms with Crippen LogP contribution in [-0.2, 0) is 28.4 Å². The molecule has 0 bridgehead atoms. The standard InChI is InChI=1S/C30H42F6N4O2/c31-29(32,33)23-17-21(18-24(19-23)30(34,35)36)9-14-40(20-26(37)41)28(42)27(22-7-3-1-4-8-22)39-15-10-25(11-16-39)38-12-5-2-6-13-38/h17-19,22,25,27H,1-16,20H2,(H2,37,41). The number of benzene rings is 1. The Kier molecular flexibility index (Phi) is 10.8. The second kappa shape index (κ2) is 14.0. The van der Waals surface area contributed by atoms with Gasteiger partial charge in [-0.25, -0.2) is 0 Å². The molecule has 2 N–H and O–H groups in total. The lowest BCUT2D eigenvalue weighted by atomic mass is 9.81. The Morgan fingerprint density at radius 3 is 1.88 bits per heavy atom. The Morgan fingerprint density at radius 1 is 0.810 bits per heavy atom. The van der Waals surface area contributed by atoms with Crippen molar-refractivity contribution in [2.75, 3.05) is 39.3 Å². The molecule has 1 unspecified atom stereocenters. The summed E-state index contributed by atoms with van der Waals surface area (Å²) in [5.74, 6) is -1.03. The minimum Gasteiger partial charge on any atom is -0.368 e. The number of halogens is 6. The van der Waals surface area contributed by atoms with Gasteiger partial charge in [0.1, 0.15) is 0 Å². The van der Waals surface area contributed by atoms with Crippen LogP contribution in [-0.4, -0.2) is 77.9 Å². The molecule has 2 heterocycles. The highest BCUT2D eigenvalue weighted by molar-refractivity contribution is 5.87. The smallest absolute Gasteiger partial charge is 0.368 e. The van der Waals surface area contributed by atoms with Gasteiger partial charge in [0.25, 0.3) is 0 Å². The number of carbonyl (C=O) groups is 2. The quantitative estimate of drug-likeness (QED) is 0.379. The molecule has 4 rings (SSSR count). The maximum Gasteiger partial charge on any atom is 0.416 e. The van der Waals surface area contributed by atoms with Gasteiger partial charge in [-0.1, -0.05) is 25.7 Å². The first-order valence-corrected chi connectivity index (χ1v) is 15.2. The maximum atomic E-state index is 14.1. The van der Waals surface area contributed by atoms with Crippen molar-refractivity contribution in [2.45, 2.75) is 95.1 Å². The molecule has 1 saturated carbocycles. The van der Waals surface area contributed by atoms with Gasteiger partial charge in [-0.15, -0.1) is 0 Å². The van der Waals surface area contributed by atoms with Gasteiger partial charge in [0.2, 0.25) is 11.8 Å². The average Bonchev–Trinajstić information content (AvgIpc) is 2.95. The monoisotopic (exact) mass is 604 g/mol. The van der Waals surface area contributed by atoms with Crippen molar-refractivity contribution in [1.82, 2.24) is 14.7 Å². The summed E-state index contributed by atoms with van der Waals surface area (Å²) >= 11 is 0. The van der Waals surface area contributed by atoms with E-state index in [1.807, 2.05) is 0 Å². The summed E-state index contributed by atoms with van der Waals surface area (Å²) in [4.78, 5) is 32.1. The van der Waals surface area contributed by atoms with E-state index >= 15 is 0 Å². The van der Waals surface area contributed by atoms with E-state index in [9.17, 15) is 35.9 Å². The van der Waals surface area contributed by atoms with Gasteiger partial charge < -0.3 is 15.5 Å². The van der Waals surface area contributed by atoms with E-state index in [0.29, 0.717) is 18.2 Å². The Hall–Kier alpha value is -2.34. The van der Waals surface area contributed by atoms with Crippen molar-refractivity contribution in [3.63, 3.8) is 0 Å². The van der Waals surface area contributed by atoms with Crippen molar-refractivity contribution in [2.24, 2.45) is 11.7 Å². The van der Waals surface area contributed by atoms with Gasteiger partial charge in [0, 0.05) is 25.7 Å². The highest BCUT2D eigenvalue weighted by Gasteiger charge is 2.40. The first kappa shape index (κ1) is 32.6. The average molecular weight is 605 g/mol. The number of likely N-dealkylation sites (tertiary alicyclic amines) is 2. The fourth-order valence-electron chi connectivity index (χ4n) is 6.99. The molecule has 1 aromatic rings. The molecule has 0 spiro atoms. The van der Waals surface area contributed by atoms with Gasteiger partial charge >= 0.3 is 12.4 Å². The van der Waals surface area contributed by atoms with E-state index in [-0.39, 0.29) is 36.4 Å². The van der Waals surface area contributed by atoms with Crippen molar-refractivity contribution >= 4 is 11.8 Å². The highest BCUT2D eigenvalue weighted by Crippen LogP contribution is 2.37. The summed E-state index contributed by atoms with van der Waals surface area (Å²) in [5.41, 5.74) is 2.45. The van der Waals surface area contributed by atoms with Crippen molar-refractivity contribution in [1.29, 1.82) is 0 Å². The van der Waals surface area contributed by atoms with Crippen LogP contribution in [0.2, 0.25) is 0 Å². The minimum atomic E-state index is -4.97. The Labute approximate surface area is 243 Å². The minimum absolute atomic E-state index is 0.0681. The molecule has 2 saturated heterocycles. The predicted molar refractivity (Wildman–Crippen MR) is 146 cm³/mol. The first-order chi connectivity index (χ1) is 19.8. The van der Waals surface area contributed by atoms with Crippen molar-refractivity contribution in [3.05, 3.63) is 34.9 Å². The lowest BCUT2D eigenvalue weighted by Gasteiger charge is -2.45. The normalized spacial score (nSPS) is 21.3. The lowest BCUT2D eigenvalue weighted by molar-refractivity contribution is -0.144. The lowest BCUT2D eigenvalue weighted by Crippen LogP contribution is -2.57. The van der Waals surface area contributed by atoms with E-state index in [0.717, 1.165) is 71.1 Å². The molecule has 1 atom stereocenters. The van der Waals surface area contributed by atoms with Crippen LogP contribution in [0, 0.1) is 5.92 Å². The molecule has 3 fully saturated rings. The number of nitrogens with zero attached hydrogens (tertiary/aromatic N) is 3. The Morgan fingerprint density at radius 2 is 1.36 bits per heavy atom. The predicted octanol–water partition coefficient (Wildman–Crippen LogP) is 5.48. The third-order valence-electron chi connectivity index (χ3n) is 9.13. The number of carbonyl (C=O) groups excluding carboxylic acids is 2. The van der Waals surface area contributed by atoms with Crippen LogP contribution in [0.4, 0.5) is 26.3 Å². The van der Waals surface area contributed by atoms with Gasteiger partial charge in [0.05, 0.1) is 23.7 Å². The maximum absolute atomic E-state index is 14.1. The molecule has 3 aliphatic rings. The first-order valence-electron chi connectivity index (χ1n) is 15.2. The summed E-state index contributed by atoms with van der Waals surface area (Å²) in [7, 11) is 0. The summed E-state index contributed by atoms with van der Waals surface area (Å²) in [5, 5.41) is 0. The van der Waals surface area contributed by atoms with Gasteiger partial charge in [-0.2, -0.15) is 26.3 Å². The van der Waals surface area contributed by atoms with E-state index < -0.39 is 42.0 Å². The summed E-state index contributed by atoms with van der Waals surface area (Å²) in [6.45, 7) is 2.97. The molecular formula is C30H42F6N4O2. The van der Waals surface area contributed by atoms with Crippen LogP contribution in [0.5, 0.6) is 0 Å². The second-order valence-electron chi connectivity index (χ2n) is 12.1. The number of amides is 2. The van der Waals surface area contributed by atoms with Crippen LogP contribution in [0.3, 0.4) is 0 Å². The molecule has 236 valence electrons. The van der Waals surface area contributed by atoms with Gasteiger partial charge in [-0.05, 0) is 87.7 Å². The van der Waals surface area contributed by atoms with Crippen LogP contribution in [0.25, 0.3) is 0 Å². The van der Waals surface area contributed by atoms with E-state index in [4.69, 9.17) is 5.73 Å². The van der Waals surface area contributed by atoms with Crippen LogP contribution in [0.1, 0.15) is 80.9 Å². The largest absolute Gasteiger partial charge is 0.416 e. The fourth-order valence-corrected chi connectivity index (χ4v) is 6.99. The highest BCUT2D eigenvalue weighted by atomic mass is 19.4. The number of hydrogen-bond acceptors (Lipinski definition) is 4. The molecule has 1 aliphatic carbocycles.